The molecule has 88 valence electrons. The average Bonchev–Trinajstić information content (AvgIpc) is 2.31. The molecular weight excluding hydrogens is 220 g/mol. The molecule has 0 spiro atoms. The van der Waals surface area contributed by atoms with Gasteiger partial charge in [0.25, 0.3) is 0 Å². The Morgan fingerprint density at radius 2 is 2.38 bits per heavy atom. The second kappa shape index (κ2) is 5.55. The Balaban J connectivity index is 1.94. The van der Waals surface area contributed by atoms with Gasteiger partial charge in [-0.1, -0.05) is 12.5 Å². The van der Waals surface area contributed by atoms with E-state index in [0.29, 0.717) is 16.8 Å². The summed E-state index contributed by atoms with van der Waals surface area (Å²) in [6.45, 7) is 3.05. The first kappa shape index (κ1) is 11.7. The van der Waals surface area contributed by atoms with E-state index < -0.39 is 10.8 Å². The lowest BCUT2D eigenvalue weighted by atomic mass is 10.1. The molecule has 0 aliphatic carbocycles. The summed E-state index contributed by atoms with van der Waals surface area (Å²) >= 11 is 0. The Morgan fingerprint density at radius 3 is 3.00 bits per heavy atom. The van der Waals surface area contributed by atoms with Gasteiger partial charge in [-0.25, -0.2) is 4.98 Å². The van der Waals surface area contributed by atoms with Crippen molar-refractivity contribution in [2.24, 2.45) is 0 Å². The number of hydrogen-bond acceptors (Lipinski definition) is 3. The molecular formula is C12H18N2OS. The van der Waals surface area contributed by atoms with Crippen molar-refractivity contribution in [1.29, 1.82) is 0 Å². The SMILES string of the molecule is Cc1ccc([S@@](=O)C[C@H]2CCCCN2)nc1. The van der Waals surface area contributed by atoms with E-state index in [2.05, 4.69) is 10.3 Å². The van der Waals surface area contributed by atoms with E-state index in [4.69, 9.17) is 0 Å². The largest absolute Gasteiger partial charge is 0.313 e. The lowest BCUT2D eigenvalue weighted by molar-refractivity contribution is 0.427. The highest BCUT2D eigenvalue weighted by atomic mass is 32.2. The van der Waals surface area contributed by atoms with Crippen molar-refractivity contribution in [3.8, 4) is 0 Å². The van der Waals surface area contributed by atoms with Gasteiger partial charge in [0, 0.05) is 18.0 Å². The fourth-order valence-corrected chi connectivity index (χ4v) is 3.13. The van der Waals surface area contributed by atoms with Crippen molar-refractivity contribution in [2.75, 3.05) is 12.3 Å². The van der Waals surface area contributed by atoms with Gasteiger partial charge in [0.1, 0.15) is 5.03 Å². The molecule has 2 atom stereocenters. The number of nitrogens with one attached hydrogen (secondary N) is 1. The molecule has 0 radical (unpaired) electrons. The van der Waals surface area contributed by atoms with Gasteiger partial charge in [-0.05, 0) is 37.9 Å². The van der Waals surface area contributed by atoms with Crippen LogP contribution in [-0.4, -0.2) is 27.5 Å². The number of rotatable bonds is 3. The maximum Gasteiger partial charge on any atom is 0.127 e. The second-order valence-corrected chi connectivity index (χ2v) is 5.78. The Labute approximate surface area is 99.1 Å². The molecule has 0 unspecified atom stereocenters. The van der Waals surface area contributed by atoms with Crippen LogP contribution in [-0.2, 0) is 10.8 Å². The minimum Gasteiger partial charge on any atom is -0.313 e. The fourth-order valence-electron chi connectivity index (χ4n) is 1.92. The van der Waals surface area contributed by atoms with E-state index in [-0.39, 0.29) is 0 Å². The molecule has 0 amide bonds. The zero-order valence-corrected chi connectivity index (χ0v) is 10.4. The minimum atomic E-state index is -0.963. The Bertz CT molecular complexity index is 358. The number of pyridine rings is 1. The van der Waals surface area contributed by atoms with Gasteiger partial charge < -0.3 is 5.32 Å². The highest BCUT2D eigenvalue weighted by Crippen LogP contribution is 2.11. The van der Waals surface area contributed by atoms with E-state index in [9.17, 15) is 4.21 Å². The van der Waals surface area contributed by atoms with Crippen LogP contribution in [0.1, 0.15) is 24.8 Å². The smallest absolute Gasteiger partial charge is 0.127 e. The van der Waals surface area contributed by atoms with Crippen LogP contribution in [0.3, 0.4) is 0 Å². The predicted molar refractivity (Wildman–Crippen MR) is 65.9 cm³/mol. The molecule has 2 rings (SSSR count). The van der Waals surface area contributed by atoms with Crippen LogP contribution < -0.4 is 5.32 Å². The zero-order chi connectivity index (χ0) is 11.4. The summed E-state index contributed by atoms with van der Waals surface area (Å²) in [5.74, 6) is 0.691. The van der Waals surface area contributed by atoms with Crippen molar-refractivity contribution < 1.29 is 4.21 Å². The van der Waals surface area contributed by atoms with E-state index in [1.807, 2.05) is 19.1 Å². The summed E-state index contributed by atoms with van der Waals surface area (Å²) in [5, 5.41) is 4.12. The van der Waals surface area contributed by atoms with Crippen molar-refractivity contribution in [2.45, 2.75) is 37.3 Å². The van der Waals surface area contributed by atoms with Crippen LogP contribution in [0, 0.1) is 6.92 Å². The molecule has 1 fully saturated rings. The molecule has 1 aromatic rings. The topological polar surface area (TPSA) is 42.0 Å². The van der Waals surface area contributed by atoms with Crippen LogP contribution in [0.15, 0.2) is 23.4 Å². The third kappa shape index (κ3) is 3.12. The highest BCUT2D eigenvalue weighted by molar-refractivity contribution is 7.85. The number of nitrogens with zero attached hydrogens (tertiary/aromatic N) is 1. The number of piperidine rings is 1. The lowest BCUT2D eigenvalue weighted by Crippen LogP contribution is -2.38. The van der Waals surface area contributed by atoms with Crippen LogP contribution in [0.2, 0.25) is 0 Å². The molecule has 3 nitrogen and oxygen atoms in total. The molecule has 16 heavy (non-hydrogen) atoms. The summed E-state index contributed by atoms with van der Waals surface area (Å²) in [5.41, 5.74) is 1.11. The molecule has 1 aliphatic heterocycles. The van der Waals surface area contributed by atoms with Crippen LogP contribution in [0.4, 0.5) is 0 Å². The molecule has 1 aromatic heterocycles. The third-order valence-corrected chi connectivity index (χ3v) is 4.30. The first-order valence-corrected chi connectivity index (χ1v) is 7.12. The molecule has 1 saturated heterocycles. The molecule has 0 bridgehead atoms. The van der Waals surface area contributed by atoms with Crippen LogP contribution in [0.25, 0.3) is 0 Å². The number of aryl methyl sites for hydroxylation is 1. The first-order chi connectivity index (χ1) is 7.75. The summed E-state index contributed by atoms with van der Waals surface area (Å²) in [6.07, 6.45) is 5.40. The molecule has 1 N–H and O–H groups in total. The van der Waals surface area contributed by atoms with E-state index in [1.165, 1.54) is 12.8 Å². The Kier molecular flexibility index (Phi) is 4.07. The fraction of sp³-hybridized carbons (Fsp3) is 0.583. The average molecular weight is 238 g/mol. The van der Waals surface area contributed by atoms with Crippen molar-refractivity contribution in [1.82, 2.24) is 10.3 Å². The van der Waals surface area contributed by atoms with E-state index >= 15 is 0 Å². The second-order valence-electron chi connectivity index (χ2n) is 4.33. The Morgan fingerprint density at radius 1 is 1.50 bits per heavy atom. The highest BCUT2D eigenvalue weighted by Gasteiger charge is 2.16. The van der Waals surface area contributed by atoms with Gasteiger partial charge in [0.05, 0.1) is 10.8 Å². The molecule has 4 heteroatoms. The molecule has 0 saturated carbocycles. The van der Waals surface area contributed by atoms with E-state index in [1.54, 1.807) is 6.20 Å². The third-order valence-electron chi connectivity index (χ3n) is 2.88. The monoisotopic (exact) mass is 238 g/mol. The number of aromatic nitrogens is 1. The Hall–Kier alpha value is -0.740. The normalized spacial score (nSPS) is 22.9. The van der Waals surface area contributed by atoms with Crippen molar-refractivity contribution >= 4 is 10.8 Å². The van der Waals surface area contributed by atoms with Crippen LogP contribution >= 0.6 is 0 Å². The van der Waals surface area contributed by atoms with Gasteiger partial charge in [0.2, 0.25) is 0 Å². The standard InChI is InChI=1S/C12H18N2OS/c1-10-5-6-12(14-8-10)16(15)9-11-4-2-3-7-13-11/h5-6,8,11,13H,2-4,7,9H2,1H3/t11-,16+/m1/s1. The van der Waals surface area contributed by atoms with Gasteiger partial charge in [0.15, 0.2) is 0 Å². The predicted octanol–water partition coefficient (Wildman–Crippen LogP) is 1.64. The van der Waals surface area contributed by atoms with E-state index in [0.717, 1.165) is 18.5 Å². The summed E-state index contributed by atoms with van der Waals surface area (Å²) in [4.78, 5) is 4.22. The summed E-state index contributed by atoms with van der Waals surface area (Å²) in [6, 6.07) is 4.24. The lowest BCUT2D eigenvalue weighted by Gasteiger charge is -2.22. The maximum absolute atomic E-state index is 12.0. The summed E-state index contributed by atoms with van der Waals surface area (Å²) < 4.78 is 12.0. The van der Waals surface area contributed by atoms with Crippen molar-refractivity contribution in [3.63, 3.8) is 0 Å². The number of hydrogen-bond donors (Lipinski definition) is 1. The quantitative estimate of drug-likeness (QED) is 0.870. The van der Waals surface area contributed by atoms with Gasteiger partial charge in [-0.2, -0.15) is 0 Å². The van der Waals surface area contributed by atoms with Gasteiger partial charge in [-0.15, -0.1) is 0 Å². The van der Waals surface area contributed by atoms with Gasteiger partial charge >= 0.3 is 0 Å². The first-order valence-electron chi connectivity index (χ1n) is 5.80. The van der Waals surface area contributed by atoms with Crippen LogP contribution in [0.5, 0.6) is 0 Å². The van der Waals surface area contributed by atoms with Crippen molar-refractivity contribution in [3.05, 3.63) is 23.9 Å². The molecule has 1 aliphatic rings. The molecule has 0 aromatic carbocycles. The molecule has 2 heterocycles. The minimum absolute atomic E-state index is 0.401. The van der Waals surface area contributed by atoms with Gasteiger partial charge in [-0.3, -0.25) is 4.21 Å². The summed E-state index contributed by atoms with van der Waals surface area (Å²) in [7, 11) is -0.963. The zero-order valence-electron chi connectivity index (χ0n) is 9.61. The maximum atomic E-state index is 12.0.